The summed E-state index contributed by atoms with van der Waals surface area (Å²) in [5, 5.41) is 6.28. The van der Waals surface area contributed by atoms with Gasteiger partial charge in [0, 0.05) is 24.6 Å². The molecule has 1 aromatic carbocycles. The van der Waals surface area contributed by atoms with E-state index in [1.807, 2.05) is 0 Å². The predicted octanol–water partition coefficient (Wildman–Crippen LogP) is 4.13. The minimum atomic E-state index is -4.80. The van der Waals surface area contributed by atoms with E-state index in [9.17, 15) is 39.9 Å². The Morgan fingerprint density at radius 1 is 1.20 bits per heavy atom. The largest absolute Gasteiger partial charge is 0.491 e. The van der Waals surface area contributed by atoms with Crippen molar-refractivity contribution in [1.82, 2.24) is 15.1 Å². The summed E-state index contributed by atoms with van der Waals surface area (Å²) in [7, 11) is 0. The number of nitrogens with one attached hydrogen (secondary N) is 1. The molecule has 1 aromatic heterocycles. The minimum absolute atomic E-state index is 0.0368. The summed E-state index contributed by atoms with van der Waals surface area (Å²) in [6.45, 7) is -2.17. The zero-order valence-electron chi connectivity index (χ0n) is 17.5. The van der Waals surface area contributed by atoms with Crippen LogP contribution in [-0.2, 0) is 17.5 Å². The number of aromatic nitrogens is 2. The Labute approximate surface area is 191 Å². The van der Waals surface area contributed by atoms with Crippen LogP contribution in [0.5, 0.6) is 11.6 Å². The van der Waals surface area contributed by atoms with E-state index in [0.29, 0.717) is 12.1 Å². The van der Waals surface area contributed by atoms with Gasteiger partial charge in [0.1, 0.15) is 25.1 Å². The van der Waals surface area contributed by atoms with Gasteiger partial charge in [0.05, 0.1) is 11.6 Å². The Kier molecular flexibility index (Phi) is 6.55. The number of ether oxygens (including phenoxy) is 3. The summed E-state index contributed by atoms with van der Waals surface area (Å²) < 4.78 is 120. The molecule has 35 heavy (non-hydrogen) atoms. The maximum absolute atomic E-state index is 13.2. The Balaban J connectivity index is 1.57. The van der Waals surface area contributed by atoms with E-state index in [1.165, 1.54) is 4.68 Å². The van der Waals surface area contributed by atoms with Gasteiger partial charge in [0.25, 0.3) is 12.3 Å². The summed E-state index contributed by atoms with van der Waals surface area (Å²) in [5.74, 6) is -1.16. The number of hydrogen-bond acceptors (Lipinski definition) is 5. The molecule has 1 N–H and O–H groups in total. The van der Waals surface area contributed by atoms with Crippen molar-refractivity contribution >= 4 is 5.91 Å². The van der Waals surface area contributed by atoms with Crippen molar-refractivity contribution in [2.75, 3.05) is 13.2 Å². The van der Waals surface area contributed by atoms with Gasteiger partial charge in [-0.25, -0.2) is 13.5 Å². The fraction of sp³-hybridized carbons (Fsp3) is 0.500. The highest BCUT2D eigenvalue weighted by Crippen LogP contribution is 2.40. The highest BCUT2D eigenvalue weighted by molar-refractivity contribution is 5.92. The fourth-order valence-corrected chi connectivity index (χ4v) is 3.72. The second-order valence-corrected chi connectivity index (χ2v) is 7.86. The molecule has 3 atom stereocenters. The van der Waals surface area contributed by atoms with Crippen LogP contribution >= 0.6 is 0 Å². The summed E-state index contributed by atoms with van der Waals surface area (Å²) in [6.07, 6.45) is -15.4. The van der Waals surface area contributed by atoms with Gasteiger partial charge in [0.2, 0.25) is 5.88 Å². The highest BCUT2D eigenvalue weighted by atomic mass is 19.4. The number of halogens is 8. The van der Waals surface area contributed by atoms with Crippen LogP contribution in [0.3, 0.4) is 0 Å². The first kappa shape index (κ1) is 25.0. The molecule has 192 valence electrons. The van der Waals surface area contributed by atoms with Crippen molar-refractivity contribution in [2.24, 2.45) is 0 Å². The average molecular weight is 515 g/mol. The number of benzene rings is 1. The lowest BCUT2D eigenvalue weighted by Gasteiger charge is -2.34. The fourth-order valence-electron chi connectivity index (χ4n) is 3.72. The number of carbonyl (C=O) groups is 1. The van der Waals surface area contributed by atoms with Crippen LogP contribution in [-0.4, -0.2) is 53.6 Å². The maximum Gasteiger partial charge on any atom is 0.416 e. The SMILES string of the molecule is O=C(N[C@H]1COc2ccc(C(F)(F)F)cc2C1OCC(F)(F)F)c1cc2n(n1)CCC(C(F)F)O2. The van der Waals surface area contributed by atoms with Crippen LogP contribution in [0.15, 0.2) is 24.3 Å². The molecule has 3 heterocycles. The van der Waals surface area contributed by atoms with Crippen LogP contribution in [0.1, 0.15) is 34.1 Å². The van der Waals surface area contributed by atoms with Crippen molar-refractivity contribution in [2.45, 2.75) is 50.0 Å². The molecule has 2 aromatic rings. The Morgan fingerprint density at radius 3 is 2.60 bits per heavy atom. The zero-order valence-corrected chi connectivity index (χ0v) is 17.5. The topological polar surface area (TPSA) is 74.6 Å². The van der Waals surface area contributed by atoms with Gasteiger partial charge in [-0.05, 0) is 18.2 Å². The molecular weight excluding hydrogens is 498 g/mol. The molecule has 0 spiro atoms. The quantitative estimate of drug-likeness (QED) is 0.607. The molecule has 4 rings (SSSR count). The minimum Gasteiger partial charge on any atom is -0.491 e. The predicted molar refractivity (Wildman–Crippen MR) is 100 cm³/mol. The van der Waals surface area contributed by atoms with Gasteiger partial charge in [-0.3, -0.25) is 4.79 Å². The van der Waals surface area contributed by atoms with Crippen molar-refractivity contribution in [3.63, 3.8) is 0 Å². The van der Waals surface area contributed by atoms with Crippen molar-refractivity contribution in [1.29, 1.82) is 0 Å². The lowest BCUT2D eigenvalue weighted by Crippen LogP contribution is -2.47. The van der Waals surface area contributed by atoms with Crippen LogP contribution in [0.25, 0.3) is 0 Å². The molecular formula is C20H17F8N3O4. The van der Waals surface area contributed by atoms with E-state index >= 15 is 0 Å². The smallest absolute Gasteiger partial charge is 0.416 e. The normalized spacial score (nSPS) is 22.1. The van der Waals surface area contributed by atoms with Crippen LogP contribution < -0.4 is 14.8 Å². The first-order valence-electron chi connectivity index (χ1n) is 10.2. The number of aryl methyl sites for hydroxylation is 1. The Morgan fingerprint density at radius 2 is 1.94 bits per heavy atom. The third-order valence-electron chi connectivity index (χ3n) is 5.32. The summed E-state index contributed by atoms with van der Waals surface area (Å²) >= 11 is 0. The number of carbonyl (C=O) groups excluding carboxylic acids is 1. The summed E-state index contributed by atoms with van der Waals surface area (Å²) in [4.78, 5) is 12.7. The van der Waals surface area contributed by atoms with Gasteiger partial charge in [-0.15, -0.1) is 0 Å². The first-order chi connectivity index (χ1) is 16.3. The second-order valence-electron chi connectivity index (χ2n) is 7.86. The van der Waals surface area contributed by atoms with Gasteiger partial charge < -0.3 is 19.5 Å². The van der Waals surface area contributed by atoms with Crippen molar-refractivity contribution in [3.05, 3.63) is 41.1 Å². The lowest BCUT2D eigenvalue weighted by molar-refractivity contribution is -0.191. The number of hydrogen-bond donors (Lipinski definition) is 1. The maximum atomic E-state index is 13.2. The summed E-state index contributed by atoms with van der Waals surface area (Å²) in [5.41, 5.74) is -1.76. The molecule has 1 amide bonds. The third kappa shape index (κ3) is 5.60. The zero-order chi connectivity index (χ0) is 25.5. The van der Waals surface area contributed by atoms with Crippen molar-refractivity contribution < 1.29 is 54.1 Å². The van der Waals surface area contributed by atoms with Gasteiger partial charge >= 0.3 is 12.4 Å². The Bertz CT molecular complexity index is 1090. The molecule has 0 radical (unpaired) electrons. The number of alkyl halides is 8. The standard InChI is InChI=1S/C20H17F8N3O4/c21-17(22)14-3-4-31-15(35-14)6-11(30-31)18(32)29-12-7-33-13-2-1-9(20(26,27)28)5-10(13)16(12)34-8-19(23,24)25/h1-2,5-6,12,14,16-17H,3-4,7-8H2,(H,29,32)/t12-,14?,16?/m0/s1. The molecule has 15 heteroatoms. The van der Waals surface area contributed by atoms with Crippen LogP contribution in [0.4, 0.5) is 35.1 Å². The number of rotatable bonds is 5. The molecule has 0 saturated carbocycles. The lowest BCUT2D eigenvalue weighted by atomic mass is 9.96. The van der Waals surface area contributed by atoms with Gasteiger partial charge in [0.15, 0.2) is 11.8 Å². The van der Waals surface area contributed by atoms with Crippen LogP contribution in [0, 0.1) is 0 Å². The molecule has 7 nitrogen and oxygen atoms in total. The summed E-state index contributed by atoms with van der Waals surface area (Å²) in [6, 6.07) is 2.02. The molecule has 2 aliphatic rings. The van der Waals surface area contributed by atoms with E-state index in [4.69, 9.17) is 14.2 Å². The molecule has 2 aliphatic heterocycles. The second kappa shape index (κ2) is 9.17. The van der Waals surface area contributed by atoms with Crippen molar-refractivity contribution in [3.8, 4) is 11.6 Å². The number of nitrogens with zero attached hydrogens (tertiary/aromatic N) is 2. The van der Waals surface area contributed by atoms with Gasteiger partial charge in [-0.2, -0.15) is 31.4 Å². The number of amides is 1. The van der Waals surface area contributed by atoms with E-state index in [-0.39, 0.29) is 35.9 Å². The van der Waals surface area contributed by atoms with Crippen LogP contribution in [0.2, 0.25) is 0 Å². The molecule has 0 saturated heterocycles. The van der Waals surface area contributed by atoms with E-state index in [1.54, 1.807) is 0 Å². The monoisotopic (exact) mass is 515 g/mol. The number of fused-ring (bicyclic) bond motifs is 2. The molecule has 0 fully saturated rings. The molecule has 0 aliphatic carbocycles. The Hall–Kier alpha value is -3.10. The molecule has 0 bridgehead atoms. The molecule has 2 unspecified atom stereocenters. The van der Waals surface area contributed by atoms with Gasteiger partial charge in [-0.1, -0.05) is 0 Å². The van der Waals surface area contributed by atoms with E-state index in [2.05, 4.69) is 10.4 Å². The average Bonchev–Trinajstić information content (AvgIpc) is 3.20. The van der Waals surface area contributed by atoms with E-state index < -0.39 is 61.7 Å². The highest BCUT2D eigenvalue weighted by Gasteiger charge is 2.40. The van der Waals surface area contributed by atoms with E-state index in [0.717, 1.165) is 12.1 Å². The first-order valence-corrected chi connectivity index (χ1v) is 10.2. The third-order valence-corrected chi connectivity index (χ3v) is 5.32.